The van der Waals surface area contributed by atoms with Gasteiger partial charge >= 0.3 is 0 Å². The van der Waals surface area contributed by atoms with Crippen molar-refractivity contribution < 1.29 is 4.74 Å². The molecule has 0 amide bonds. The molecule has 1 heterocycles. The maximum absolute atomic E-state index is 5.84. The molecule has 5 heteroatoms. The molecule has 0 aromatic heterocycles. The largest absolute Gasteiger partial charge is 0.381 e. The Labute approximate surface area is 121 Å². The summed E-state index contributed by atoms with van der Waals surface area (Å²) in [7, 11) is 0. The van der Waals surface area contributed by atoms with Crippen LogP contribution in [0, 0.1) is 11.3 Å². The summed E-state index contributed by atoms with van der Waals surface area (Å²) in [6.07, 6.45) is 5.14. The van der Waals surface area contributed by atoms with Crippen LogP contribution >= 0.6 is 24.0 Å². The van der Waals surface area contributed by atoms with Crippen molar-refractivity contribution in [2.75, 3.05) is 26.3 Å². The molecule has 2 fully saturated rings. The van der Waals surface area contributed by atoms with Gasteiger partial charge in [-0.25, -0.2) is 0 Å². The third kappa shape index (κ3) is 4.62. The highest BCUT2D eigenvalue weighted by molar-refractivity contribution is 14.0. The van der Waals surface area contributed by atoms with E-state index >= 15 is 0 Å². The summed E-state index contributed by atoms with van der Waals surface area (Å²) in [6, 6.07) is 0. The van der Waals surface area contributed by atoms with Crippen LogP contribution in [-0.2, 0) is 4.74 Å². The van der Waals surface area contributed by atoms with E-state index < -0.39 is 0 Å². The smallest absolute Gasteiger partial charge is 0.188 e. The van der Waals surface area contributed by atoms with Crippen LogP contribution in [-0.4, -0.2) is 32.3 Å². The molecule has 1 aliphatic carbocycles. The van der Waals surface area contributed by atoms with E-state index in [1.807, 2.05) is 0 Å². The van der Waals surface area contributed by atoms with Crippen LogP contribution in [0.1, 0.15) is 32.6 Å². The maximum atomic E-state index is 5.84. The number of rotatable bonds is 4. The Bertz CT molecular complexity index is 260. The van der Waals surface area contributed by atoms with Crippen molar-refractivity contribution in [3.05, 3.63) is 0 Å². The highest BCUT2D eigenvalue weighted by atomic mass is 127. The molecule has 0 bridgehead atoms. The van der Waals surface area contributed by atoms with Crippen LogP contribution in [0.3, 0.4) is 0 Å². The Morgan fingerprint density at radius 2 is 2.29 bits per heavy atom. The lowest BCUT2D eigenvalue weighted by molar-refractivity contribution is 0.163. The molecule has 0 aromatic rings. The van der Waals surface area contributed by atoms with Gasteiger partial charge in [0.15, 0.2) is 5.96 Å². The second kappa shape index (κ2) is 6.78. The molecule has 0 radical (unpaired) electrons. The number of nitrogens with zero attached hydrogens (tertiary/aromatic N) is 1. The highest BCUT2D eigenvalue weighted by Crippen LogP contribution is 2.28. The van der Waals surface area contributed by atoms with Gasteiger partial charge in [0.05, 0.1) is 13.2 Å². The first-order valence-corrected chi connectivity index (χ1v) is 6.29. The maximum Gasteiger partial charge on any atom is 0.188 e. The fourth-order valence-corrected chi connectivity index (χ4v) is 2.11. The van der Waals surface area contributed by atoms with Crippen molar-refractivity contribution in [1.82, 2.24) is 5.32 Å². The van der Waals surface area contributed by atoms with Crippen molar-refractivity contribution in [1.29, 1.82) is 0 Å². The molecular weight excluding hydrogens is 329 g/mol. The lowest BCUT2D eigenvalue weighted by Gasteiger charge is -2.25. The van der Waals surface area contributed by atoms with Crippen molar-refractivity contribution in [2.24, 2.45) is 22.1 Å². The quantitative estimate of drug-likeness (QED) is 0.460. The average Bonchev–Trinajstić information content (AvgIpc) is 2.61. The molecule has 4 nitrogen and oxygen atoms in total. The van der Waals surface area contributed by atoms with E-state index in [-0.39, 0.29) is 29.4 Å². The van der Waals surface area contributed by atoms with Crippen LogP contribution in [0.15, 0.2) is 4.99 Å². The van der Waals surface area contributed by atoms with E-state index in [9.17, 15) is 0 Å². The Morgan fingerprint density at radius 3 is 2.82 bits per heavy atom. The third-order valence-electron chi connectivity index (χ3n) is 3.73. The average molecular weight is 353 g/mol. The lowest BCUT2D eigenvalue weighted by atomic mass is 9.85. The van der Waals surface area contributed by atoms with Crippen molar-refractivity contribution >= 4 is 29.9 Å². The standard InChI is InChI=1S/C12H23N3O.HI/c1-12(5-6-16-9-12)8-15-11(13)14-7-10-3-2-4-10;/h10H,2-9H2,1H3,(H3,13,14,15);1H. The topological polar surface area (TPSA) is 59.6 Å². The summed E-state index contributed by atoms with van der Waals surface area (Å²) >= 11 is 0. The van der Waals surface area contributed by atoms with E-state index in [2.05, 4.69) is 17.2 Å². The Balaban J connectivity index is 0.00000144. The molecule has 1 saturated heterocycles. The molecular formula is C12H24IN3O. The van der Waals surface area contributed by atoms with Gasteiger partial charge in [0.2, 0.25) is 0 Å². The van der Waals surface area contributed by atoms with Crippen LogP contribution in [0.4, 0.5) is 0 Å². The number of ether oxygens (including phenoxy) is 1. The molecule has 1 atom stereocenters. The van der Waals surface area contributed by atoms with E-state index in [1.54, 1.807) is 0 Å². The van der Waals surface area contributed by atoms with Gasteiger partial charge in [-0.2, -0.15) is 0 Å². The molecule has 1 saturated carbocycles. The fraction of sp³-hybridized carbons (Fsp3) is 0.917. The SMILES string of the molecule is CC1(CN=C(N)NCC2CCC2)CCOC1.I. The minimum Gasteiger partial charge on any atom is -0.381 e. The van der Waals surface area contributed by atoms with E-state index in [1.165, 1.54) is 19.3 Å². The van der Waals surface area contributed by atoms with E-state index in [4.69, 9.17) is 10.5 Å². The van der Waals surface area contributed by atoms with Crippen LogP contribution < -0.4 is 11.1 Å². The third-order valence-corrected chi connectivity index (χ3v) is 3.73. The molecule has 0 aromatic carbocycles. The monoisotopic (exact) mass is 353 g/mol. The summed E-state index contributed by atoms with van der Waals surface area (Å²) < 4.78 is 5.39. The van der Waals surface area contributed by atoms with E-state index in [0.29, 0.717) is 5.96 Å². The van der Waals surface area contributed by atoms with Gasteiger partial charge in [-0.05, 0) is 25.2 Å². The number of guanidine groups is 1. The van der Waals surface area contributed by atoms with Crippen LogP contribution in [0.5, 0.6) is 0 Å². The Kier molecular flexibility index (Phi) is 5.99. The first-order chi connectivity index (χ1) is 7.68. The second-order valence-electron chi connectivity index (χ2n) is 5.49. The van der Waals surface area contributed by atoms with Crippen molar-refractivity contribution in [3.8, 4) is 0 Å². The molecule has 3 N–H and O–H groups in total. The molecule has 1 aliphatic heterocycles. The predicted octanol–water partition coefficient (Wildman–Crippen LogP) is 1.74. The molecule has 2 rings (SSSR count). The molecule has 2 aliphatic rings. The van der Waals surface area contributed by atoms with Crippen molar-refractivity contribution in [2.45, 2.75) is 32.6 Å². The number of halogens is 1. The van der Waals surface area contributed by atoms with E-state index in [0.717, 1.165) is 38.6 Å². The fourth-order valence-electron chi connectivity index (χ4n) is 2.11. The van der Waals surface area contributed by atoms with Crippen LogP contribution in [0.25, 0.3) is 0 Å². The number of hydrogen-bond donors (Lipinski definition) is 2. The van der Waals surface area contributed by atoms with Gasteiger partial charge in [-0.1, -0.05) is 13.3 Å². The number of aliphatic imine (C=N–C) groups is 1. The number of nitrogens with two attached hydrogens (primary N) is 1. The highest BCUT2D eigenvalue weighted by Gasteiger charge is 2.29. The molecule has 1 unspecified atom stereocenters. The zero-order valence-electron chi connectivity index (χ0n) is 10.6. The van der Waals surface area contributed by atoms with Gasteiger partial charge < -0.3 is 15.8 Å². The van der Waals surface area contributed by atoms with Gasteiger partial charge in [-0.15, -0.1) is 24.0 Å². The summed E-state index contributed by atoms with van der Waals surface area (Å²) in [6.45, 7) is 5.65. The zero-order chi connectivity index (χ0) is 11.4. The zero-order valence-corrected chi connectivity index (χ0v) is 12.9. The minimum atomic E-state index is 0. The molecule has 0 spiro atoms. The Morgan fingerprint density at radius 1 is 1.53 bits per heavy atom. The predicted molar refractivity (Wildman–Crippen MR) is 80.8 cm³/mol. The molecule has 100 valence electrons. The van der Waals surface area contributed by atoms with Gasteiger partial charge in [0.1, 0.15) is 0 Å². The Hall–Kier alpha value is -0.0400. The summed E-state index contributed by atoms with van der Waals surface area (Å²) in [5.41, 5.74) is 6.03. The van der Waals surface area contributed by atoms with Gasteiger partial charge in [-0.3, -0.25) is 4.99 Å². The first-order valence-electron chi connectivity index (χ1n) is 6.29. The van der Waals surface area contributed by atoms with Crippen molar-refractivity contribution in [3.63, 3.8) is 0 Å². The van der Waals surface area contributed by atoms with Gasteiger partial charge in [0, 0.05) is 18.6 Å². The second-order valence-corrected chi connectivity index (χ2v) is 5.49. The lowest BCUT2D eigenvalue weighted by Crippen LogP contribution is -2.38. The minimum absolute atomic E-state index is 0. The number of hydrogen-bond acceptors (Lipinski definition) is 2. The molecule has 17 heavy (non-hydrogen) atoms. The normalized spacial score (nSPS) is 29.6. The first kappa shape index (κ1) is 15.0. The summed E-state index contributed by atoms with van der Waals surface area (Å²) in [5, 5.41) is 3.21. The summed E-state index contributed by atoms with van der Waals surface area (Å²) in [5.74, 6) is 1.42. The summed E-state index contributed by atoms with van der Waals surface area (Å²) in [4.78, 5) is 4.41. The number of nitrogens with one attached hydrogen (secondary N) is 1. The van der Waals surface area contributed by atoms with Crippen LogP contribution in [0.2, 0.25) is 0 Å². The van der Waals surface area contributed by atoms with Gasteiger partial charge in [0.25, 0.3) is 0 Å².